The van der Waals surface area contributed by atoms with Crippen LogP contribution in [0.2, 0.25) is 0 Å². The maximum absolute atomic E-state index is 14.3. The molecule has 0 spiro atoms. The number of dihydropyridines is 1. The fraction of sp³-hybridized carbons (Fsp3) is 0.379. The molecule has 42 heavy (non-hydrogen) atoms. The first-order valence-electron chi connectivity index (χ1n) is 13.3. The van der Waals surface area contributed by atoms with Crippen molar-refractivity contribution in [2.45, 2.75) is 37.7 Å². The van der Waals surface area contributed by atoms with Gasteiger partial charge in [0.15, 0.2) is 6.17 Å². The summed E-state index contributed by atoms with van der Waals surface area (Å²) in [6.07, 6.45) is -0.527. The van der Waals surface area contributed by atoms with Crippen LogP contribution in [0.3, 0.4) is 0 Å². The summed E-state index contributed by atoms with van der Waals surface area (Å²) in [5, 5.41) is 21.3. The fourth-order valence-corrected chi connectivity index (χ4v) is 5.61. The minimum atomic E-state index is -4.89. The van der Waals surface area contributed by atoms with E-state index in [2.05, 4.69) is 16.4 Å². The lowest BCUT2D eigenvalue weighted by Crippen LogP contribution is -2.41. The number of halogens is 4. The number of likely N-dealkylation sites (tertiary alicyclic amines) is 1. The van der Waals surface area contributed by atoms with E-state index in [4.69, 9.17) is 5.26 Å². The van der Waals surface area contributed by atoms with E-state index >= 15 is 0 Å². The molecule has 2 saturated heterocycles. The lowest BCUT2D eigenvalue weighted by atomic mass is 9.91. The number of nitrogens with one attached hydrogen (secondary N) is 1. The summed E-state index contributed by atoms with van der Waals surface area (Å²) in [6.45, 7) is 0.345. The number of piperidine rings is 1. The molecule has 3 aliphatic heterocycles. The van der Waals surface area contributed by atoms with Gasteiger partial charge in [-0.25, -0.2) is 9.38 Å². The number of nitriles is 2. The van der Waals surface area contributed by atoms with Crippen LogP contribution in [0.15, 0.2) is 52.6 Å². The zero-order valence-corrected chi connectivity index (χ0v) is 22.1. The Bertz CT molecular complexity index is 1550. The average molecular weight is 581 g/mol. The van der Waals surface area contributed by atoms with Crippen molar-refractivity contribution in [2.75, 3.05) is 31.1 Å². The van der Waals surface area contributed by atoms with Crippen molar-refractivity contribution in [3.05, 3.63) is 64.3 Å². The van der Waals surface area contributed by atoms with Crippen LogP contribution in [0, 0.1) is 28.6 Å². The number of anilines is 1. The molecule has 2 atom stereocenters. The molecule has 13 heteroatoms. The number of alkyl halides is 4. The number of hydrogen-bond acceptors (Lipinski definition) is 6. The first-order chi connectivity index (χ1) is 20.0. The van der Waals surface area contributed by atoms with Crippen molar-refractivity contribution in [3.63, 3.8) is 0 Å². The molecule has 1 aromatic carbocycles. The monoisotopic (exact) mass is 580 g/mol. The number of amides is 3. The minimum absolute atomic E-state index is 0.0549. The van der Waals surface area contributed by atoms with Gasteiger partial charge in [-0.05, 0) is 37.5 Å². The third-order valence-corrected chi connectivity index (χ3v) is 7.69. The Hall–Kier alpha value is -4.78. The van der Waals surface area contributed by atoms with E-state index in [1.807, 2.05) is 0 Å². The molecule has 216 valence electrons. The van der Waals surface area contributed by atoms with Gasteiger partial charge < -0.3 is 15.1 Å². The van der Waals surface area contributed by atoms with Crippen LogP contribution in [0.4, 0.5) is 23.2 Å². The molecular weight excluding hydrogens is 556 g/mol. The van der Waals surface area contributed by atoms with Crippen LogP contribution >= 0.6 is 0 Å². The second-order valence-corrected chi connectivity index (χ2v) is 10.4. The number of carbonyl (C=O) groups excluding carboxylic acids is 3. The number of nitrogens with zero attached hydrogens (tertiary/aromatic N) is 5. The number of carbonyl (C=O) groups is 3. The van der Waals surface area contributed by atoms with Gasteiger partial charge in [-0.2, -0.15) is 23.7 Å². The third kappa shape index (κ3) is 5.55. The number of allylic oxidation sites excluding steroid dienone is 3. The topological polar surface area (TPSA) is 130 Å². The molecule has 9 nitrogen and oxygen atoms in total. The maximum Gasteiger partial charge on any atom is 0.418 e. The largest absolute Gasteiger partial charge is 0.418 e. The minimum Gasteiger partial charge on any atom is -0.368 e. The molecular formula is C29H24F4N6O3. The number of aliphatic imine (C=N–C) groups is 1. The Kier molecular flexibility index (Phi) is 7.69. The van der Waals surface area contributed by atoms with Gasteiger partial charge in [-0.3, -0.25) is 14.4 Å². The first kappa shape index (κ1) is 28.7. The summed E-state index contributed by atoms with van der Waals surface area (Å²) in [5.41, 5.74) is -2.25. The van der Waals surface area contributed by atoms with E-state index < -0.39 is 41.7 Å². The highest BCUT2D eigenvalue weighted by Gasteiger charge is 2.41. The standard InChI is InChI=1S/C29H24F4N6O3/c30-23-3-1-2-19-20(12-24(40)37-25(19)23)27(41)36-18-6-9-39(15-18)26-21(10-17(14-35)11-22(26)29(31,32)33)28(42)38-7-4-16(13-34)5-8-38/h1-3,10-12,16,18,23H,4-9,15H2,(H,36,41)/t18-,23?/m1/s1. The molecule has 0 radical (unpaired) electrons. The predicted molar refractivity (Wildman–Crippen MR) is 142 cm³/mol. The Balaban J connectivity index is 1.42. The molecule has 0 saturated carbocycles. The smallest absolute Gasteiger partial charge is 0.368 e. The highest BCUT2D eigenvalue weighted by atomic mass is 19.4. The van der Waals surface area contributed by atoms with Crippen molar-refractivity contribution >= 4 is 29.1 Å². The maximum atomic E-state index is 14.3. The highest BCUT2D eigenvalue weighted by Crippen LogP contribution is 2.41. The van der Waals surface area contributed by atoms with Crippen LogP contribution in [0.25, 0.3) is 0 Å². The number of rotatable bonds is 4. The molecule has 5 rings (SSSR count). The Morgan fingerprint density at radius 2 is 1.83 bits per heavy atom. The molecule has 0 bridgehead atoms. The summed E-state index contributed by atoms with van der Waals surface area (Å²) in [7, 11) is 0. The molecule has 2 fully saturated rings. The van der Waals surface area contributed by atoms with E-state index in [1.54, 1.807) is 6.07 Å². The first-order valence-corrected chi connectivity index (χ1v) is 13.3. The van der Waals surface area contributed by atoms with Crippen molar-refractivity contribution < 1.29 is 31.9 Å². The number of fused-ring (bicyclic) bond motifs is 1. The number of hydrogen-bond donors (Lipinski definition) is 1. The summed E-state index contributed by atoms with van der Waals surface area (Å²) >= 11 is 0. The van der Waals surface area contributed by atoms with Gasteiger partial charge >= 0.3 is 6.18 Å². The Morgan fingerprint density at radius 1 is 1.10 bits per heavy atom. The zero-order chi connectivity index (χ0) is 30.2. The summed E-state index contributed by atoms with van der Waals surface area (Å²) in [5.74, 6) is -2.43. The van der Waals surface area contributed by atoms with Gasteiger partial charge in [0.2, 0.25) is 0 Å². The van der Waals surface area contributed by atoms with E-state index in [0.717, 1.165) is 12.1 Å². The van der Waals surface area contributed by atoms with Crippen molar-refractivity contribution in [1.82, 2.24) is 10.2 Å². The van der Waals surface area contributed by atoms with Crippen molar-refractivity contribution in [2.24, 2.45) is 10.9 Å². The van der Waals surface area contributed by atoms with Gasteiger partial charge in [0.25, 0.3) is 17.7 Å². The van der Waals surface area contributed by atoms with Gasteiger partial charge in [-0.15, -0.1) is 0 Å². The van der Waals surface area contributed by atoms with E-state index in [9.17, 15) is 37.2 Å². The van der Waals surface area contributed by atoms with Crippen LogP contribution in [-0.4, -0.2) is 66.7 Å². The molecule has 3 heterocycles. The van der Waals surface area contributed by atoms with Gasteiger partial charge in [0.1, 0.15) is 0 Å². The summed E-state index contributed by atoms with van der Waals surface area (Å²) in [4.78, 5) is 45.2. The van der Waals surface area contributed by atoms with Gasteiger partial charge in [-0.1, -0.05) is 12.2 Å². The Morgan fingerprint density at radius 3 is 2.50 bits per heavy atom. The van der Waals surface area contributed by atoms with Crippen LogP contribution in [0.5, 0.6) is 0 Å². The molecule has 1 aromatic rings. The Labute approximate surface area is 238 Å². The summed E-state index contributed by atoms with van der Waals surface area (Å²) in [6, 6.07) is 5.03. The molecule has 4 aliphatic rings. The molecule has 1 unspecified atom stereocenters. The number of benzene rings is 1. The van der Waals surface area contributed by atoms with Crippen LogP contribution in [-0.2, 0) is 15.8 Å². The molecule has 1 N–H and O–H groups in total. The quantitative estimate of drug-likeness (QED) is 0.544. The SMILES string of the molecule is N#Cc1cc(C(=O)N2CCC(C#N)CC2)c(N2CC[C@@H](NC(=O)C3=CC(=O)N=C4C3=CC=CC4F)C2)c(C(F)(F)F)c1. The highest BCUT2D eigenvalue weighted by molar-refractivity contribution is 6.24. The van der Waals surface area contributed by atoms with E-state index in [1.165, 1.54) is 28.0 Å². The summed E-state index contributed by atoms with van der Waals surface area (Å²) < 4.78 is 57.3. The van der Waals surface area contributed by atoms with Crippen molar-refractivity contribution in [3.8, 4) is 12.1 Å². The lowest BCUT2D eigenvalue weighted by molar-refractivity contribution is -0.137. The normalized spacial score (nSPS) is 22.4. The molecule has 1 aliphatic carbocycles. The van der Waals surface area contributed by atoms with Crippen LogP contribution < -0.4 is 10.2 Å². The molecule has 3 amide bonds. The van der Waals surface area contributed by atoms with Crippen LogP contribution in [0.1, 0.15) is 40.7 Å². The van der Waals surface area contributed by atoms with E-state index in [-0.39, 0.29) is 72.2 Å². The second-order valence-electron chi connectivity index (χ2n) is 10.4. The van der Waals surface area contributed by atoms with Gasteiger partial charge in [0, 0.05) is 49.8 Å². The molecule has 0 aromatic heterocycles. The fourth-order valence-electron chi connectivity index (χ4n) is 5.61. The third-order valence-electron chi connectivity index (χ3n) is 7.69. The average Bonchev–Trinajstić information content (AvgIpc) is 3.43. The lowest BCUT2D eigenvalue weighted by Gasteiger charge is -2.32. The van der Waals surface area contributed by atoms with E-state index in [0.29, 0.717) is 18.9 Å². The zero-order valence-electron chi connectivity index (χ0n) is 22.1. The second kappa shape index (κ2) is 11.2. The van der Waals surface area contributed by atoms with Gasteiger partial charge in [0.05, 0.1) is 45.8 Å². The van der Waals surface area contributed by atoms with Crippen molar-refractivity contribution in [1.29, 1.82) is 10.5 Å². The predicted octanol–water partition coefficient (Wildman–Crippen LogP) is 3.39.